The first kappa shape index (κ1) is 12.7. The van der Waals surface area contributed by atoms with E-state index in [0.29, 0.717) is 12.3 Å². The quantitative estimate of drug-likeness (QED) is 0.800. The lowest BCUT2D eigenvalue weighted by molar-refractivity contribution is 0.0696. The number of benzene rings is 1. The molecule has 0 saturated heterocycles. The molecule has 0 saturated carbocycles. The van der Waals surface area contributed by atoms with Crippen LogP contribution in [0.4, 0.5) is 0 Å². The fourth-order valence-electron chi connectivity index (χ4n) is 1.05. The van der Waals surface area contributed by atoms with Crippen LogP contribution >= 0.6 is 12.4 Å². The maximum atomic E-state index is 10.6. The van der Waals surface area contributed by atoms with E-state index < -0.39 is 5.97 Å². The zero-order valence-electron chi connectivity index (χ0n) is 7.69. The third-order valence-electron chi connectivity index (χ3n) is 1.75. The molecule has 4 nitrogen and oxygen atoms in total. The van der Waals surface area contributed by atoms with Crippen molar-refractivity contribution in [3.63, 3.8) is 0 Å². The lowest BCUT2D eigenvalue weighted by atomic mass is 10.1. The fraction of sp³-hybridized carbons (Fsp3) is 0.222. The molecule has 5 heteroatoms. The van der Waals surface area contributed by atoms with Crippen molar-refractivity contribution in [2.75, 3.05) is 7.11 Å². The molecule has 3 N–H and O–H groups in total. The molecule has 0 aliphatic carbocycles. The van der Waals surface area contributed by atoms with E-state index in [1.165, 1.54) is 19.2 Å². The Labute approximate surface area is 88.1 Å². The second-order valence-electron chi connectivity index (χ2n) is 2.54. The molecular formula is C9H12ClNO3. The number of ether oxygens (including phenoxy) is 1. The number of carboxylic acid groups (broad SMARTS) is 1. The summed E-state index contributed by atoms with van der Waals surface area (Å²) in [5, 5.41) is 8.68. The van der Waals surface area contributed by atoms with Crippen molar-refractivity contribution in [1.82, 2.24) is 0 Å². The van der Waals surface area contributed by atoms with Gasteiger partial charge in [-0.05, 0) is 12.1 Å². The maximum absolute atomic E-state index is 10.6. The summed E-state index contributed by atoms with van der Waals surface area (Å²) < 4.78 is 4.98. The number of nitrogens with two attached hydrogens (primary N) is 1. The third-order valence-corrected chi connectivity index (χ3v) is 1.75. The van der Waals surface area contributed by atoms with Crippen molar-refractivity contribution in [3.05, 3.63) is 29.3 Å². The SMILES string of the molecule is COc1cc(C(=O)O)ccc1CN.Cl. The highest BCUT2D eigenvalue weighted by Crippen LogP contribution is 2.19. The molecule has 0 aromatic heterocycles. The summed E-state index contributed by atoms with van der Waals surface area (Å²) in [7, 11) is 1.49. The number of methoxy groups -OCH3 is 1. The van der Waals surface area contributed by atoms with E-state index in [2.05, 4.69) is 0 Å². The molecule has 0 bridgehead atoms. The van der Waals surface area contributed by atoms with Gasteiger partial charge in [0.15, 0.2) is 0 Å². The molecule has 0 amide bonds. The van der Waals surface area contributed by atoms with Gasteiger partial charge >= 0.3 is 5.97 Å². The number of aromatic carboxylic acids is 1. The lowest BCUT2D eigenvalue weighted by Crippen LogP contribution is -2.02. The second-order valence-corrected chi connectivity index (χ2v) is 2.54. The van der Waals surface area contributed by atoms with E-state index in [0.717, 1.165) is 5.56 Å². The Morgan fingerprint density at radius 2 is 2.21 bits per heavy atom. The molecule has 0 spiro atoms. The highest BCUT2D eigenvalue weighted by atomic mass is 35.5. The summed E-state index contributed by atoms with van der Waals surface area (Å²) in [5.41, 5.74) is 6.43. The summed E-state index contributed by atoms with van der Waals surface area (Å²) >= 11 is 0. The normalized spacial score (nSPS) is 9.00. The monoisotopic (exact) mass is 217 g/mol. The zero-order chi connectivity index (χ0) is 9.84. The zero-order valence-corrected chi connectivity index (χ0v) is 8.50. The lowest BCUT2D eigenvalue weighted by Gasteiger charge is -2.06. The van der Waals surface area contributed by atoms with E-state index in [-0.39, 0.29) is 18.0 Å². The highest BCUT2D eigenvalue weighted by molar-refractivity contribution is 5.88. The third kappa shape index (κ3) is 2.61. The van der Waals surface area contributed by atoms with Gasteiger partial charge in [-0.25, -0.2) is 4.79 Å². The van der Waals surface area contributed by atoms with Gasteiger partial charge in [0, 0.05) is 12.1 Å². The standard InChI is InChI=1S/C9H11NO3.ClH/c1-13-8-4-6(9(11)12)2-3-7(8)5-10;/h2-4H,5,10H2,1H3,(H,11,12);1H. The minimum atomic E-state index is -0.970. The Hall–Kier alpha value is -1.26. The van der Waals surface area contributed by atoms with Crippen molar-refractivity contribution in [3.8, 4) is 5.75 Å². The van der Waals surface area contributed by atoms with Crippen LogP contribution in [-0.4, -0.2) is 18.2 Å². The van der Waals surface area contributed by atoms with E-state index in [9.17, 15) is 4.79 Å². The molecule has 1 aromatic carbocycles. The summed E-state index contributed by atoms with van der Waals surface area (Å²) in [6.45, 7) is 0.336. The van der Waals surface area contributed by atoms with Gasteiger partial charge < -0.3 is 15.6 Å². The Bertz CT molecular complexity index is 328. The molecular weight excluding hydrogens is 206 g/mol. The summed E-state index contributed by atoms with van der Waals surface area (Å²) in [4.78, 5) is 10.6. The van der Waals surface area contributed by atoms with Crippen molar-refractivity contribution in [2.45, 2.75) is 6.54 Å². The molecule has 1 aromatic rings. The minimum absolute atomic E-state index is 0. The van der Waals surface area contributed by atoms with E-state index in [1.54, 1.807) is 6.07 Å². The molecule has 0 unspecified atom stereocenters. The number of carbonyl (C=O) groups is 1. The Balaban J connectivity index is 0.00000169. The van der Waals surface area contributed by atoms with Gasteiger partial charge in [-0.15, -0.1) is 12.4 Å². The first-order valence-corrected chi connectivity index (χ1v) is 3.79. The Kier molecular flexibility index (Phi) is 4.97. The van der Waals surface area contributed by atoms with Crippen LogP contribution in [0.1, 0.15) is 15.9 Å². The molecule has 1 rings (SSSR count). The van der Waals surface area contributed by atoms with Crippen LogP contribution in [0.5, 0.6) is 5.75 Å². The summed E-state index contributed by atoms with van der Waals surface area (Å²) in [6.07, 6.45) is 0. The second kappa shape index (κ2) is 5.47. The first-order valence-electron chi connectivity index (χ1n) is 3.79. The number of hydrogen-bond donors (Lipinski definition) is 2. The summed E-state index contributed by atoms with van der Waals surface area (Å²) in [6, 6.07) is 4.62. The van der Waals surface area contributed by atoms with Gasteiger partial charge in [0.1, 0.15) is 5.75 Å². The van der Waals surface area contributed by atoms with Crippen LogP contribution in [0, 0.1) is 0 Å². The van der Waals surface area contributed by atoms with Gasteiger partial charge in [0.2, 0.25) is 0 Å². The maximum Gasteiger partial charge on any atom is 0.335 e. The van der Waals surface area contributed by atoms with Gasteiger partial charge in [-0.3, -0.25) is 0 Å². The van der Waals surface area contributed by atoms with E-state index >= 15 is 0 Å². The molecule has 0 fully saturated rings. The number of rotatable bonds is 3. The molecule has 0 radical (unpaired) electrons. The number of hydrogen-bond acceptors (Lipinski definition) is 3. The van der Waals surface area contributed by atoms with Gasteiger partial charge in [-0.1, -0.05) is 6.07 Å². The van der Waals surface area contributed by atoms with E-state index in [1.807, 2.05) is 0 Å². The van der Waals surface area contributed by atoms with Crippen LogP contribution in [-0.2, 0) is 6.54 Å². The fourth-order valence-corrected chi connectivity index (χ4v) is 1.05. The van der Waals surface area contributed by atoms with Crippen LogP contribution < -0.4 is 10.5 Å². The van der Waals surface area contributed by atoms with Crippen LogP contribution in [0.2, 0.25) is 0 Å². The molecule has 0 aliphatic rings. The smallest absolute Gasteiger partial charge is 0.335 e. The van der Waals surface area contributed by atoms with Crippen molar-refractivity contribution >= 4 is 18.4 Å². The highest BCUT2D eigenvalue weighted by Gasteiger charge is 2.07. The van der Waals surface area contributed by atoms with Crippen LogP contribution in [0.25, 0.3) is 0 Å². The topological polar surface area (TPSA) is 72.5 Å². The molecule has 0 aliphatic heterocycles. The first-order chi connectivity index (χ1) is 6.19. The van der Waals surface area contributed by atoms with Crippen LogP contribution in [0.15, 0.2) is 18.2 Å². The van der Waals surface area contributed by atoms with Gasteiger partial charge in [-0.2, -0.15) is 0 Å². The Morgan fingerprint density at radius 1 is 1.57 bits per heavy atom. The van der Waals surface area contributed by atoms with Crippen molar-refractivity contribution in [2.24, 2.45) is 5.73 Å². The van der Waals surface area contributed by atoms with Crippen LogP contribution in [0.3, 0.4) is 0 Å². The summed E-state index contributed by atoms with van der Waals surface area (Å²) in [5.74, 6) is -0.454. The number of halogens is 1. The molecule has 78 valence electrons. The van der Waals surface area contributed by atoms with Gasteiger partial charge in [0.05, 0.1) is 12.7 Å². The largest absolute Gasteiger partial charge is 0.496 e. The average molecular weight is 218 g/mol. The average Bonchev–Trinajstić information content (AvgIpc) is 2.16. The van der Waals surface area contributed by atoms with Crippen molar-refractivity contribution in [1.29, 1.82) is 0 Å². The predicted octanol–water partition coefficient (Wildman–Crippen LogP) is 1.27. The van der Waals surface area contributed by atoms with E-state index in [4.69, 9.17) is 15.6 Å². The minimum Gasteiger partial charge on any atom is -0.496 e. The predicted molar refractivity (Wildman–Crippen MR) is 55.1 cm³/mol. The molecule has 14 heavy (non-hydrogen) atoms. The number of carboxylic acids is 1. The molecule has 0 heterocycles. The molecule has 0 atom stereocenters. The van der Waals surface area contributed by atoms with Crippen molar-refractivity contribution < 1.29 is 14.6 Å². The van der Waals surface area contributed by atoms with Gasteiger partial charge in [0.25, 0.3) is 0 Å². The Morgan fingerprint density at radius 3 is 2.64 bits per heavy atom.